The predicted octanol–water partition coefficient (Wildman–Crippen LogP) is 2.54. The van der Waals surface area contributed by atoms with Crippen molar-refractivity contribution in [1.82, 2.24) is 0 Å². The number of rotatable bonds is 3. The summed E-state index contributed by atoms with van der Waals surface area (Å²) in [5, 5.41) is 0. The van der Waals surface area contributed by atoms with Gasteiger partial charge in [-0.05, 0) is 51.6 Å². The Balaban J connectivity index is 1.78. The van der Waals surface area contributed by atoms with Gasteiger partial charge in [-0.2, -0.15) is 0 Å². The van der Waals surface area contributed by atoms with Gasteiger partial charge in [0.25, 0.3) is 0 Å². The standard InChI is InChI=1S/C17H23BO4/c1-12(19)20-17(10-11-17)13-6-8-14(9-7-13)18-21-15(2,3)16(4,5)22-18/h6-9H,10-11H2,1-5H3. The second-order valence-electron chi connectivity index (χ2n) is 7.30. The van der Waals surface area contributed by atoms with E-state index in [0.717, 1.165) is 23.9 Å². The molecule has 5 heteroatoms. The van der Waals surface area contributed by atoms with E-state index in [4.69, 9.17) is 14.0 Å². The zero-order valence-electron chi connectivity index (χ0n) is 13.9. The van der Waals surface area contributed by atoms with E-state index < -0.39 is 5.60 Å². The highest BCUT2D eigenvalue weighted by Crippen LogP contribution is 2.49. The number of ether oxygens (including phenoxy) is 1. The molecule has 0 radical (unpaired) electrons. The second-order valence-corrected chi connectivity index (χ2v) is 7.30. The zero-order chi connectivity index (χ0) is 16.2. The fourth-order valence-electron chi connectivity index (χ4n) is 2.76. The van der Waals surface area contributed by atoms with Crippen LogP contribution in [0.5, 0.6) is 0 Å². The summed E-state index contributed by atoms with van der Waals surface area (Å²) in [6, 6.07) is 8.02. The molecule has 1 aliphatic heterocycles. The molecular formula is C17H23BO4. The van der Waals surface area contributed by atoms with Crippen LogP contribution in [-0.2, 0) is 24.4 Å². The van der Waals surface area contributed by atoms with Crippen LogP contribution in [0.4, 0.5) is 0 Å². The third-order valence-corrected chi connectivity index (χ3v) is 5.01. The summed E-state index contributed by atoms with van der Waals surface area (Å²) in [6.45, 7) is 9.63. The number of hydrogen-bond acceptors (Lipinski definition) is 4. The van der Waals surface area contributed by atoms with Gasteiger partial charge in [-0.3, -0.25) is 4.79 Å². The van der Waals surface area contributed by atoms with Crippen molar-refractivity contribution in [3.8, 4) is 0 Å². The fraction of sp³-hybridized carbons (Fsp3) is 0.588. The van der Waals surface area contributed by atoms with Crippen LogP contribution in [0.15, 0.2) is 24.3 Å². The Labute approximate surface area is 132 Å². The van der Waals surface area contributed by atoms with Crippen LogP contribution in [0.25, 0.3) is 0 Å². The molecular weight excluding hydrogens is 279 g/mol. The van der Waals surface area contributed by atoms with Crippen molar-refractivity contribution < 1.29 is 18.8 Å². The minimum Gasteiger partial charge on any atom is -0.454 e. The van der Waals surface area contributed by atoms with Gasteiger partial charge in [-0.15, -0.1) is 0 Å². The summed E-state index contributed by atoms with van der Waals surface area (Å²) in [4.78, 5) is 11.2. The molecule has 1 aromatic carbocycles. The van der Waals surface area contributed by atoms with Crippen LogP contribution >= 0.6 is 0 Å². The molecule has 0 N–H and O–H groups in total. The summed E-state index contributed by atoms with van der Waals surface area (Å²) >= 11 is 0. The fourth-order valence-corrected chi connectivity index (χ4v) is 2.76. The van der Waals surface area contributed by atoms with Crippen molar-refractivity contribution in [3.05, 3.63) is 29.8 Å². The first-order valence-corrected chi connectivity index (χ1v) is 7.81. The average molecular weight is 302 g/mol. The van der Waals surface area contributed by atoms with E-state index in [9.17, 15) is 4.79 Å². The maximum atomic E-state index is 11.2. The lowest BCUT2D eigenvalue weighted by molar-refractivity contribution is -0.149. The molecule has 1 heterocycles. The van der Waals surface area contributed by atoms with E-state index >= 15 is 0 Å². The Bertz CT molecular complexity index is 571. The molecule has 0 atom stereocenters. The molecule has 0 amide bonds. The molecule has 0 bridgehead atoms. The van der Waals surface area contributed by atoms with E-state index in [0.29, 0.717) is 0 Å². The summed E-state index contributed by atoms with van der Waals surface area (Å²) in [5.41, 5.74) is 0.946. The van der Waals surface area contributed by atoms with Crippen LogP contribution in [-0.4, -0.2) is 24.3 Å². The van der Waals surface area contributed by atoms with Crippen LogP contribution < -0.4 is 5.46 Å². The van der Waals surface area contributed by atoms with Crippen molar-refractivity contribution in [2.24, 2.45) is 0 Å². The molecule has 3 rings (SSSR count). The van der Waals surface area contributed by atoms with E-state index in [1.54, 1.807) is 0 Å². The van der Waals surface area contributed by atoms with Gasteiger partial charge < -0.3 is 14.0 Å². The van der Waals surface area contributed by atoms with Crippen molar-refractivity contribution >= 4 is 18.6 Å². The molecule has 1 aromatic rings. The molecule has 2 aliphatic rings. The quantitative estimate of drug-likeness (QED) is 0.636. The highest BCUT2D eigenvalue weighted by Gasteiger charge is 2.52. The first kappa shape index (κ1) is 15.6. The smallest absolute Gasteiger partial charge is 0.454 e. The first-order chi connectivity index (χ1) is 10.2. The van der Waals surface area contributed by atoms with Gasteiger partial charge in [0.05, 0.1) is 11.2 Å². The normalized spacial score (nSPS) is 24.1. The van der Waals surface area contributed by atoms with Gasteiger partial charge in [0.1, 0.15) is 5.60 Å². The Kier molecular flexibility index (Phi) is 3.42. The van der Waals surface area contributed by atoms with Crippen molar-refractivity contribution in [1.29, 1.82) is 0 Å². The van der Waals surface area contributed by atoms with Crippen LogP contribution in [0, 0.1) is 0 Å². The Morgan fingerprint density at radius 1 is 1.05 bits per heavy atom. The van der Waals surface area contributed by atoms with Gasteiger partial charge in [0.15, 0.2) is 0 Å². The van der Waals surface area contributed by atoms with E-state index in [1.807, 2.05) is 52.0 Å². The highest BCUT2D eigenvalue weighted by molar-refractivity contribution is 6.62. The Hall–Kier alpha value is -1.33. The lowest BCUT2D eigenvalue weighted by Crippen LogP contribution is -2.41. The summed E-state index contributed by atoms with van der Waals surface area (Å²) in [6.07, 6.45) is 1.78. The number of carbonyl (C=O) groups is 1. The van der Waals surface area contributed by atoms with Crippen molar-refractivity contribution in [2.75, 3.05) is 0 Å². The number of esters is 1. The van der Waals surface area contributed by atoms with E-state index in [2.05, 4.69) is 0 Å². The van der Waals surface area contributed by atoms with Crippen LogP contribution in [0.1, 0.15) is 53.0 Å². The van der Waals surface area contributed by atoms with Gasteiger partial charge >= 0.3 is 13.1 Å². The Morgan fingerprint density at radius 2 is 1.55 bits per heavy atom. The van der Waals surface area contributed by atoms with Crippen molar-refractivity contribution in [3.63, 3.8) is 0 Å². The molecule has 4 nitrogen and oxygen atoms in total. The highest BCUT2D eigenvalue weighted by atomic mass is 16.7. The van der Waals surface area contributed by atoms with Gasteiger partial charge in [0.2, 0.25) is 0 Å². The van der Waals surface area contributed by atoms with E-state index in [1.165, 1.54) is 6.92 Å². The molecule has 0 spiro atoms. The summed E-state index contributed by atoms with van der Waals surface area (Å²) < 4.78 is 17.6. The van der Waals surface area contributed by atoms with Crippen molar-refractivity contribution in [2.45, 2.75) is 64.3 Å². The molecule has 22 heavy (non-hydrogen) atoms. The number of benzene rings is 1. The molecule has 0 unspecified atom stereocenters. The second kappa shape index (κ2) is 4.83. The zero-order valence-corrected chi connectivity index (χ0v) is 13.9. The monoisotopic (exact) mass is 302 g/mol. The maximum Gasteiger partial charge on any atom is 0.494 e. The third-order valence-electron chi connectivity index (χ3n) is 5.01. The number of carbonyl (C=O) groups excluding carboxylic acids is 1. The molecule has 0 aromatic heterocycles. The lowest BCUT2D eigenvalue weighted by Gasteiger charge is -2.32. The molecule has 1 saturated carbocycles. The molecule has 1 saturated heterocycles. The largest absolute Gasteiger partial charge is 0.494 e. The minimum absolute atomic E-state index is 0.229. The number of hydrogen-bond donors (Lipinski definition) is 0. The maximum absolute atomic E-state index is 11.2. The minimum atomic E-state index is -0.402. The average Bonchev–Trinajstić information content (AvgIpc) is 3.13. The van der Waals surface area contributed by atoms with Gasteiger partial charge in [0, 0.05) is 6.92 Å². The lowest BCUT2D eigenvalue weighted by atomic mass is 9.78. The molecule has 118 valence electrons. The molecule has 2 fully saturated rings. The summed E-state index contributed by atoms with van der Waals surface area (Å²) in [5.74, 6) is -0.229. The SMILES string of the molecule is CC(=O)OC1(c2ccc(B3OC(C)(C)C(C)(C)O3)cc2)CC1. The summed E-state index contributed by atoms with van der Waals surface area (Å²) in [7, 11) is -0.358. The van der Waals surface area contributed by atoms with Gasteiger partial charge in [-0.1, -0.05) is 24.3 Å². The Morgan fingerprint density at radius 3 is 1.95 bits per heavy atom. The molecule has 1 aliphatic carbocycles. The van der Waals surface area contributed by atoms with E-state index in [-0.39, 0.29) is 24.3 Å². The van der Waals surface area contributed by atoms with Crippen LogP contribution in [0.2, 0.25) is 0 Å². The first-order valence-electron chi connectivity index (χ1n) is 7.81. The van der Waals surface area contributed by atoms with Crippen LogP contribution in [0.3, 0.4) is 0 Å². The topological polar surface area (TPSA) is 44.8 Å². The predicted molar refractivity (Wildman–Crippen MR) is 84.8 cm³/mol. The van der Waals surface area contributed by atoms with Gasteiger partial charge in [-0.25, -0.2) is 0 Å². The third kappa shape index (κ3) is 2.57.